The van der Waals surface area contributed by atoms with Gasteiger partial charge in [0.15, 0.2) is 5.65 Å². The number of aromatic nitrogens is 2. The van der Waals surface area contributed by atoms with Crippen molar-refractivity contribution in [2.75, 3.05) is 5.32 Å². The van der Waals surface area contributed by atoms with Crippen molar-refractivity contribution in [3.05, 3.63) is 70.8 Å². The number of aryl methyl sites for hydroxylation is 2. The Morgan fingerprint density at radius 1 is 1.04 bits per heavy atom. The summed E-state index contributed by atoms with van der Waals surface area (Å²) in [6.45, 7) is 8.44. The van der Waals surface area contributed by atoms with Crippen LogP contribution in [0.5, 0.6) is 0 Å². The predicted octanol–water partition coefficient (Wildman–Crippen LogP) is 5.84. The van der Waals surface area contributed by atoms with Crippen LogP contribution in [0.15, 0.2) is 48.5 Å². The van der Waals surface area contributed by atoms with Gasteiger partial charge >= 0.3 is 0 Å². The highest BCUT2D eigenvalue weighted by Gasteiger charge is 2.18. The zero-order chi connectivity index (χ0) is 19.1. The SMILES string of the molecule is Cc1ccc(Nc2cc(C(C)C)c(C#N)c3nc4ccccc4n23)cc1C. The molecule has 1 N–H and O–H groups in total. The standard InChI is InChI=1S/C23H22N4/c1-14(2)18-12-22(25-17-10-9-15(3)16(4)11-17)27-21-8-6-5-7-20(21)26-23(27)19(18)13-24/h5-12,14,25H,1-4H3. The van der Waals surface area contributed by atoms with Gasteiger partial charge in [-0.05, 0) is 66.8 Å². The number of para-hydroxylation sites is 2. The lowest BCUT2D eigenvalue weighted by Gasteiger charge is -2.16. The summed E-state index contributed by atoms with van der Waals surface area (Å²) in [6, 6.07) is 18.8. The molecule has 0 fully saturated rings. The van der Waals surface area contributed by atoms with E-state index in [1.807, 2.05) is 24.3 Å². The van der Waals surface area contributed by atoms with Crippen LogP contribution in [-0.2, 0) is 0 Å². The highest BCUT2D eigenvalue weighted by molar-refractivity contribution is 5.86. The van der Waals surface area contributed by atoms with Gasteiger partial charge < -0.3 is 5.32 Å². The van der Waals surface area contributed by atoms with Crippen molar-refractivity contribution < 1.29 is 0 Å². The van der Waals surface area contributed by atoms with Gasteiger partial charge in [0.2, 0.25) is 0 Å². The molecule has 2 heterocycles. The normalized spacial score (nSPS) is 11.3. The van der Waals surface area contributed by atoms with Gasteiger partial charge in [-0.25, -0.2) is 4.98 Å². The largest absolute Gasteiger partial charge is 0.341 e. The van der Waals surface area contributed by atoms with Gasteiger partial charge in [0.25, 0.3) is 0 Å². The van der Waals surface area contributed by atoms with Crippen molar-refractivity contribution in [3.63, 3.8) is 0 Å². The molecule has 4 aromatic rings. The lowest BCUT2D eigenvalue weighted by molar-refractivity contribution is 0.860. The highest BCUT2D eigenvalue weighted by atomic mass is 15.1. The molecule has 4 heteroatoms. The minimum Gasteiger partial charge on any atom is -0.341 e. The van der Waals surface area contributed by atoms with E-state index < -0.39 is 0 Å². The summed E-state index contributed by atoms with van der Waals surface area (Å²) in [5, 5.41) is 13.4. The average molecular weight is 354 g/mol. The second-order valence-electron chi connectivity index (χ2n) is 7.31. The van der Waals surface area contributed by atoms with Gasteiger partial charge in [-0.2, -0.15) is 5.26 Å². The van der Waals surface area contributed by atoms with Crippen molar-refractivity contribution in [2.45, 2.75) is 33.6 Å². The van der Waals surface area contributed by atoms with E-state index in [9.17, 15) is 5.26 Å². The summed E-state index contributed by atoms with van der Waals surface area (Å²) in [5.41, 5.74) is 7.76. The molecule has 0 saturated carbocycles. The van der Waals surface area contributed by atoms with E-state index in [4.69, 9.17) is 4.98 Å². The van der Waals surface area contributed by atoms with Crippen LogP contribution in [-0.4, -0.2) is 9.38 Å². The lowest BCUT2D eigenvalue weighted by atomic mass is 9.99. The zero-order valence-corrected chi connectivity index (χ0v) is 16.0. The van der Waals surface area contributed by atoms with Crippen molar-refractivity contribution in [1.29, 1.82) is 5.26 Å². The van der Waals surface area contributed by atoms with Crippen LogP contribution >= 0.6 is 0 Å². The summed E-state index contributed by atoms with van der Waals surface area (Å²) in [7, 11) is 0. The lowest BCUT2D eigenvalue weighted by Crippen LogP contribution is -2.05. The number of benzene rings is 2. The number of hydrogen-bond donors (Lipinski definition) is 1. The fourth-order valence-corrected chi connectivity index (χ4v) is 3.48. The molecule has 134 valence electrons. The van der Waals surface area contributed by atoms with E-state index in [2.05, 4.69) is 67.7 Å². The monoisotopic (exact) mass is 354 g/mol. The topological polar surface area (TPSA) is 53.1 Å². The number of rotatable bonds is 3. The summed E-state index contributed by atoms with van der Waals surface area (Å²) in [5.74, 6) is 1.15. The first-order valence-corrected chi connectivity index (χ1v) is 9.18. The van der Waals surface area contributed by atoms with Crippen LogP contribution in [0.3, 0.4) is 0 Å². The van der Waals surface area contributed by atoms with Gasteiger partial charge in [-0.1, -0.05) is 32.0 Å². The molecule has 0 unspecified atom stereocenters. The molecule has 0 aliphatic rings. The summed E-state index contributed by atoms with van der Waals surface area (Å²) < 4.78 is 2.05. The van der Waals surface area contributed by atoms with Crippen LogP contribution in [0.1, 0.15) is 42.0 Å². The minimum atomic E-state index is 0.227. The van der Waals surface area contributed by atoms with E-state index in [0.717, 1.165) is 28.1 Å². The van der Waals surface area contributed by atoms with Crippen molar-refractivity contribution in [3.8, 4) is 6.07 Å². The predicted molar refractivity (Wildman–Crippen MR) is 111 cm³/mol. The van der Waals surface area contributed by atoms with Gasteiger partial charge in [0.05, 0.1) is 16.6 Å². The number of imidazole rings is 1. The van der Waals surface area contributed by atoms with Crippen molar-refractivity contribution >= 4 is 28.2 Å². The van der Waals surface area contributed by atoms with Crippen LogP contribution in [0, 0.1) is 25.2 Å². The van der Waals surface area contributed by atoms with E-state index in [0.29, 0.717) is 11.2 Å². The van der Waals surface area contributed by atoms with Crippen LogP contribution < -0.4 is 5.32 Å². The third-order valence-corrected chi connectivity index (χ3v) is 5.12. The van der Waals surface area contributed by atoms with E-state index in [1.165, 1.54) is 11.1 Å². The number of nitrogens with one attached hydrogen (secondary N) is 1. The van der Waals surface area contributed by atoms with E-state index in [1.54, 1.807) is 0 Å². The molecule has 0 bridgehead atoms. The third-order valence-electron chi connectivity index (χ3n) is 5.12. The van der Waals surface area contributed by atoms with Gasteiger partial charge in [0, 0.05) is 5.69 Å². The maximum absolute atomic E-state index is 9.81. The first-order valence-electron chi connectivity index (χ1n) is 9.18. The van der Waals surface area contributed by atoms with Gasteiger partial charge in [-0.15, -0.1) is 0 Å². The molecule has 0 spiro atoms. The highest BCUT2D eigenvalue weighted by Crippen LogP contribution is 2.32. The smallest absolute Gasteiger partial charge is 0.157 e. The number of anilines is 2. The number of nitriles is 1. The Hall–Kier alpha value is -3.32. The molecular formula is C23H22N4. The van der Waals surface area contributed by atoms with Crippen molar-refractivity contribution in [1.82, 2.24) is 9.38 Å². The molecule has 4 nitrogen and oxygen atoms in total. The minimum absolute atomic E-state index is 0.227. The first-order chi connectivity index (χ1) is 13.0. The number of hydrogen-bond acceptors (Lipinski definition) is 3. The average Bonchev–Trinajstić information content (AvgIpc) is 3.04. The molecule has 0 atom stereocenters. The molecule has 2 aromatic heterocycles. The summed E-state index contributed by atoms with van der Waals surface area (Å²) in [4.78, 5) is 4.76. The summed E-state index contributed by atoms with van der Waals surface area (Å²) in [6.07, 6.45) is 0. The van der Waals surface area contributed by atoms with E-state index in [-0.39, 0.29) is 5.92 Å². The Morgan fingerprint density at radius 3 is 2.52 bits per heavy atom. The first kappa shape index (κ1) is 17.1. The molecule has 0 amide bonds. The number of fused-ring (bicyclic) bond motifs is 3. The fourth-order valence-electron chi connectivity index (χ4n) is 3.48. The Bertz CT molecular complexity index is 1210. The molecule has 0 aliphatic heterocycles. The van der Waals surface area contributed by atoms with E-state index >= 15 is 0 Å². The van der Waals surface area contributed by atoms with Gasteiger partial charge in [0.1, 0.15) is 11.9 Å². The molecule has 0 saturated heterocycles. The summed E-state index contributed by atoms with van der Waals surface area (Å²) >= 11 is 0. The van der Waals surface area contributed by atoms with Crippen LogP contribution in [0.4, 0.5) is 11.5 Å². The number of nitrogens with zero attached hydrogens (tertiary/aromatic N) is 3. The molecule has 0 aliphatic carbocycles. The maximum Gasteiger partial charge on any atom is 0.157 e. The molecular weight excluding hydrogens is 332 g/mol. The molecule has 2 aromatic carbocycles. The van der Waals surface area contributed by atoms with Crippen LogP contribution in [0.2, 0.25) is 0 Å². The second-order valence-corrected chi connectivity index (χ2v) is 7.31. The Labute approximate surface area is 159 Å². The Morgan fingerprint density at radius 2 is 1.81 bits per heavy atom. The Kier molecular flexibility index (Phi) is 4.08. The number of pyridine rings is 1. The van der Waals surface area contributed by atoms with Crippen LogP contribution in [0.25, 0.3) is 16.7 Å². The quantitative estimate of drug-likeness (QED) is 0.502. The fraction of sp³-hybridized carbons (Fsp3) is 0.217. The Balaban J connectivity index is 2.03. The van der Waals surface area contributed by atoms with Crippen molar-refractivity contribution in [2.24, 2.45) is 0 Å². The molecule has 0 radical (unpaired) electrons. The van der Waals surface area contributed by atoms with Gasteiger partial charge in [-0.3, -0.25) is 4.40 Å². The molecule has 4 rings (SSSR count). The third kappa shape index (κ3) is 2.82. The second kappa shape index (κ2) is 6.44. The zero-order valence-electron chi connectivity index (χ0n) is 16.0. The maximum atomic E-state index is 9.81. The molecule has 27 heavy (non-hydrogen) atoms.